The van der Waals surface area contributed by atoms with Gasteiger partial charge in [0.1, 0.15) is 5.76 Å². The maximum atomic E-state index is 14.1. The first-order chi connectivity index (χ1) is 19.3. The van der Waals surface area contributed by atoms with Gasteiger partial charge in [-0.3, -0.25) is 9.59 Å². The summed E-state index contributed by atoms with van der Waals surface area (Å²) < 4.78 is 35.4. The zero-order chi connectivity index (χ0) is 29.6. The van der Waals surface area contributed by atoms with Gasteiger partial charge < -0.3 is 29.4 Å². The highest BCUT2D eigenvalue weighted by molar-refractivity contribution is 7.89. The minimum Gasteiger partial charge on any atom is -0.436 e. The second kappa shape index (κ2) is 11.4. The largest absolute Gasteiger partial charge is 0.436 e. The lowest BCUT2D eigenvalue weighted by Crippen LogP contribution is -2.57. The molecule has 2 aromatic heterocycles. The summed E-state index contributed by atoms with van der Waals surface area (Å²) in [6, 6.07) is 4.73. The number of fused-ring (bicyclic) bond motifs is 2. The molecular formula is C27H36ClN7O5S. The highest BCUT2D eigenvalue weighted by atomic mass is 35.5. The van der Waals surface area contributed by atoms with Crippen LogP contribution in [0, 0.1) is 0 Å². The Labute approximate surface area is 244 Å². The van der Waals surface area contributed by atoms with Crippen molar-refractivity contribution in [3.05, 3.63) is 46.1 Å². The molecule has 0 aliphatic carbocycles. The number of aromatic nitrogens is 2. The van der Waals surface area contributed by atoms with Gasteiger partial charge in [-0.15, -0.1) is 0 Å². The molecule has 2 atom stereocenters. The van der Waals surface area contributed by atoms with E-state index in [4.69, 9.17) is 16.0 Å². The predicted molar refractivity (Wildman–Crippen MR) is 154 cm³/mol. The van der Waals surface area contributed by atoms with Crippen LogP contribution in [-0.4, -0.2) is 109 Å². The number of carbonyl (C=O) groups is 2. The average molecular weight is 606 g/mol. The molecule has 0 spiro atoms. The number of H-pyrrole nitrogens is 1. The van der Waals surface area contributed by atoms with Crippen LogP contribution in [0.5, 0.6) is 0 Å². The van der Waals surface area contributed by atoms with E-state index < -0.39 is 22.0 Å². The number of oxazole rings is 1. The number of carbonyl (C=O) groups excluding carboxylic acids is 2. The number of benzene rings is 1. The van der Waals surface area contributed by atoms with E-state index in [0.717, 1.165) is 11.1 Å². The molecule has 14 heteroatoms. The molecule has 0 bridgehead atoms. The number of aromatic amines is 1. The zero-order valence-corrected chi connectivity index (χ0v) is 25.5. The van der Waals surface area contributed by atoms with Crippen LogP contribution in [0.15, 0.2) is 27.6 Å². The van der Waals surface area contributed by atoms with Crippen LogP contribution in [0.2, 0.25) is 5.02 Å². The third-order valence-electron chi connectivity index (χ3n) is 7.59. The lowest BCUT2D eigenvalue weighted by molar-refractivity contribution is -0.130. The number of rotatable bonds is 7. The van der Waals surface area contributed by atoms with Crippen LogP contribution < -0.4 is 5.32 Å². The summed E-state index contributed by atoms with van der Waals surface area (Å²) in [6.45, 7) is 2.98. The molecule has 2 N–H and O–H groups in total. The van der Waals surface area contributed by atoms with E-state index in [1.54, 1.807) is 32.3 Å². The lowest BCUT2D eigenvalue weighted by Gasteiger charge is -2.40. The minimum atomic E-state index is -4.03. The summed E-state index contributed by atoms with van der Waals surface area (Å²) in [5, 5.41) is 4.61. The summed E-state index contributed by atoms with van der Waals surface area (Å²) >= 11 is 6.25. The Morgan fingerprint density at radius 3 is 2.66 bits per heavy atom. The summed E-state index contributed by atoms with van der Waals surface area (Å²) in [5.74, 6) is -0.0780. The third-order valence-corrected chi connectivity index (χ3v) is 9.70. The van der Waals surface area contributed by atoms with Gasteiger partial charge in [0.15, 0.2) is 5.03 Å². The summed E-state index contributed by atoms with van der Waals surface area (Å²) in [7, 11) is 2.96. The first-order valence-corrected chi connectivity index (χ1v) is 15.3. The molecule has 12 nitrogen and oxygen atoms in total. The maximum Gasteiger partial charge on any atom is 0.310 e. The highest BCUT2D eigenvalue weighted by Gasteiger charge is 2.41. The van der Waals surface area contributed by atoms with Crippen molar-refractivity contribution in [3.8, 4) is 0 Å². The molecule has 1 fully saturated rings. The number of nitrogens with zero attached hydrogens (tertiary/aromatic N) is 5. The number of sulfonamides is 1. The van der Waals surface area contributed by atoms with Crippen molar-refractivity contribution in [1.82, 2.24) is 34.3 Å². The van der Waals surface area contributed by atoms with E-state index in [9.17, 15) is 18.0 Å². The Hall–Kier alpha value is -2.97. The number of piperazine rings is 1. The Morgan fingerprint density at radius 1 is 1.20 bits per heavy atom. The van der Waals surface area contributed by atoms with E-state index >= 15 is 0 Å². The smallest absolute Gasteiger partial charge is 0.310 e. The number of halogens is 1. The summed E-state index contributed by atoms with van der Waals surface area (Å²) in [6.07, 6.45) is 0.600. The molecule has 1 aromatic carbocycles. The van der Waals surface area contributed by atoms with Crippen molar-refractivity contribution in [2.24, 2.45) is 0 Å². The minimum absolute atomic E-state index is 0.0368. The fourth-order valence-corrected chi connectivity index (χ4v) is 7.26. The van der Waals surface area contributed by atoms with Gasteiger partial charge in [-0.25, -0.2) is 13.4 Å². The van der Waals surface area contributed by atoms with Gasteiger partial charge in [0, 0.05) is 80.6 Å². The Kier molecular flexibility index (Phi) is 8.18. The number of amides is 2. The third kappa shape index (κ3) is 5.86. The van der Waals surface area contributed by atoms with Crippen LogP contribution in [0.25, 0.3) is 10.9 Å². The number of nitrogens with one attached hydrogen (secondary N) is 2. The molecule has 2 aliphatic rings. The van der Waals surface area contributed by atoms with E-state index in [2.05, 4.69) is 15.3 Å². The topological polar surface area (TPSA) is 135 Å². The van der Waals surface area contributed by atoms with Gasteiger partial charge in [-0.2, -0.15) is 4.31 Å². The predicted octanol–water partition coefficient (Wildman–Crippen LogP) is 1.90. The fraction of sp³-hybridized carbons (Fsp3) is 0.519. The van der Waals surface area contributed by atoms with E-state index in [-0.39, 0.29) is 48.9 Å². The average Bonchev–Trinajstić information content (AvgIpc) is 3.49. The van der Waals surface area contributed by atoms with E-state index in [0.29, 0.717) is 41.4 Å². The fourth-order valence-electron chi connectivity index (χ4n) is 5.41. The van der Waals surface area contributed by atoms with Crippen LogP contribution in [-0.2, 0) is 34.3 Å². The molecule has 222 valence electrons. The quantitative estimate of drug-likeness (QED) is 0.417. The van der Waals surface area contributed by atoms with Crippen molar-refractivity contribution in [3.63, 3.8) is 0 Å². The van der Waals surface area contributed by atoms with Crippen molar-refractivity contribution >= 4 is 44.3 Å². The summed E-state index contributed by atoms with van der Waals surface area (Å²) in [5.41, 5.74) is 2.02. The maximum absolute atomic E-state index is 14.1. The van der Waals surface area contributed by atoms with Gasteiger partial charge in [-0.1, -0.05) is 11.6 Å². The van der Waals surface area contributed by atoms with Crippen LogP contribution >= 0.6 is 11.6 Å². The molecule has 41 heavy (non-hydrogen) atoms. The second-order valence-corrected chi connectivity index (χ2v) is 13.6. The highest BCUT2D eigenvalue weighted by Crippen LogP contribution is 2.32. The van der Waals surface area contributed by atoms with Gasteiger partial charge in [-0.05, 0) is 39.2 Å². The molecule has 0 radical (unpaired) electrons. The standard InChI is InChI=1S/C27H36ClN7O5S/c1-16-10-22-23(13-29-16)40-25(30-22)27(37)35-9-8-34(14-18(35)12-24(36)33(4)5)41(38,39)26-20(15-32(2)3)19-11-17(28)6-7-21(19)31-26/h6-7,11,16,18,29,31H,8-10,12-15H2,1-5H3. The van der Waals surface area contributed by atoms with Crippen LogP contribution in [0.4, 0.5) is 0 Å². The molecule has 0 saturated carbocycles. The number of hydrogen-bond donors (Lipinski definition) is 2. The number of hydrogen-bond acceptors (Lipinski definition) is 8. The molecule has 2 aliphatic heterocycles. The molecule has 2 amide bonds. The molecule has 5 rings (SSSR count). The molecule has 3 aromatic rings. The molecule has 2 unspecified atom stereocenters. The van der Waals surface area contributed by atoms with Gasteiger partial charge in [0.2, 0.25) is 5.91 Å². The first-order valence-electron chi connectivity index (χ1n) is 13.5. The van der Waals surface area contributed by atoms with Crippen LogP contribution in [0.1, 0.15) is 41.0 Å². The zero-order valence-electron chi connectivity index (χ0n) is 23.9. The molecule has 4 heterocycles. The Bertz CT molecular complexity index is 1580. The normalized spacial score (nSPS) is 20.0. The lowest BCUT2D eigenvalue weighted by atomic mass is 10.1. The van der Waals surface area contributed by atoms with Crippen molar-refractivity contribution < 1.29 is 22.4 Å². The first kappa shape index (κ1) is 29.5. The van der Waals surface area contributed by atoms with Crippen LogP contribution in [0.3, 0.4) is 0 Å². The van der Waals surface area contributed by atoms with Gasteiger partial charge in [0.25, 0.3) is 15.9 Å². The Morgan fingerprint density at radius 2 is 1.95 bits per heavy atom. The van der Waals surface area contributed by atoms with E-state index in [1.165, 1.54) is 14.1 Å². The van der Waals surface area contributed by atoms with Crippen molar-refractivity contribution in [2.75, 3.05) is 47.8 Å². The Balaban J connectivity index is 1.47. The summed E-state index contributed by atoms with van der Waals surface area (Å²) in [4.78, 5) is 38.9. The van der Waals surface area contributed by atoms with Crippen molar-refractivity contribution in [2.45, 2.75) is 50.0 Å². The molecule has 1 saturated heterocycles. The van der Waals surface area contributed by atoms with E-state index in [1.807, 2.05) is 25.9 Å². The SMILES string of the molecule is CC1Cc2nc(C(=O)N3CCN(S(=O)(=O)c4[nH]c5ccc(Cl)cc5c4CN(C)C)CC3CC(=O)N(C)C)oc2CN1. The van der Waals surface area contributed by atoms with Crippen molar-refractivity contribution in [1.29, 1.82) is 0 Å². The second-order valence-electron chi connectivity index (χ2n) is 11.2. The van der Waals surface area contributed by atoms with Gasteiger partial charge in [0.05, 0.1) is 18.3 Å². The monoisotopic (exact) mass is 605 g/mol. The molecular weight excluding hydrogens is 570 g/mol. The van der Waals surface area contributed by atoms with Gasteiger partial charge >= 0.3 is 5.91 Å².